The highest BCUT2D eigenvalue weighted by Crippen LogP contribution is 2.30. The largest absolute Gasteiger partial charge is 0.318 e. The van der Waals surface area contributed by atoms with E-state index in [1.165, 1.54) is 20.9 Å². The molecular formula is C24H22IN3OS. The van der Waals surface area contributed by atoms with Crippen LogP contribution in [0, 0.1) is 17.4 Å². The average molecular weight is 527 g/mol. The molecule has 0 spiro atoms. The van der Waals surface area contributed by atoms with Crippen LogP contribution in [0.25, 0.3) is 11.8 Å². The number of amidine groups is 1. The van der Waals surface area contributed by atoms with Crippen molar-refractivity contribution in [3.63, 3.8) is 0 Å². The molecular weight excluding hydrogens is 505 g/mol. The van der Waals surface area contributed by atoms with Gasteiger partial charge in [0.25, 0.3) is 5.91 Å². The lowest BCUT2D eigenvalue weighted by atomic mass is 10.2. The molecule has 4 nitrogen and oxygen atoms in total. The number of hydrogen-bond acceptors (Lipinski definition) is 3. The van der Waals surface area contributed by atoms with Gasteiger partial charge in [0.15, 0.2) is 5.17 Å². The van der Waals surface area contributed by atoms with Crippen molar-refractivity contribution in [3.05, 3.63) is 85.6 Å². The average Bonchev–Trinajstić information content (AvgIpc) is 3.21. The summed E-state index contributed by atoms with van der Waals surface area (Å²) in [4.78, 5) is 17.7. The monoisotopic (exact) mass is 527 g/mol. The first-order valence-electron chi connectivity index (χ1n) is 9.78. The van der Waals surface area contributed by atoms with Crippen LogP contribution in [0.4, 0.5) is 5.69 Å². The molecule has 6 heteroatoms. The first-order chi connectivity index (χ1) is 14.4. The topological polar surface area (TPSA) is 46.4 Å². The van der Waals surface area contributed by atoms with Crippen LogP contribution in [-0.4, -0.2) is 15.6 Å². The minimum absolute atomic E-state index is 0.108. The first-order valence-corrected chi connectivity index (χ1v) is 11.7. The van der Waals surface area contributed by atoms with Crippen LogP contribution in [0.3, 0.4) is 0 Å². The Morgan fingerprint density at radius 3 is 2.47 bits per heavy atom. The van der Waals surface area contributed by atoms with Gasteiger partial charge < -0.3 is 9.88 Å². The Balaban J connectivity index is 1.60. The molecule has 0 unspecified atom stereocenters. The molecule has 0 aliphatic carbocycles. The minimum atomic E-state index is -0.108. The number of amides is 1. The number of aromatic nitrogens is 1. The van der Waals surface area contributed by atoms with E-state index >= 15 is 0 Å². The smallest absolute Gasteiger partial charge is 0.264 e. The van der Waals surface area contributed by atoms with Gasteiger partial charge in [-0.2, -0.15) is 0 Å². The van der Waals surface area contributed by atoms with Crippen LogP contribution in [0.1, 0.15) is 29.4 Å². The highest BCUT2D eigenvalue weighted by atomic mass is 127. The quantitative estimate of drug-likeness (QED) is 0.327. The lowest BCUT2D eigenvalue weighted by Crippen LogP contribution is -2.19. The lowest BCUT2D eigenvalue weighted by Gasteiger charge is -2.09. The van der Waals surface area contributed by atoms with Crippen LogP contribution in [0.5, 0.6) is 0 Å². The predicted octanol–water partition coefficient (Wildman–Crippen LogP) is 6.15. The number of rotatable bonds is 4. The van der Waals surface area contributed by atoms with Crippen LogP contribution >= 0.6 is 34.4 Å². The second-order valence-electron chi connectivity index (χ2n) is 7.14. The van der Waals surface area contributed by atoms with Gasteiger partial charge in [0.05, 0.1) is 10.6 Å². The van der Waals surface area contributed by atoms with Crippen LogP contribution in [-0.2, 0) is 11.2 Å². The number of aliphatic imine (C=N–C) groups is 1. The fourth-order valence-corrected chi connectivity index (χ4v) is 4.66. The summed E-state index contributed by atoms with van der Waals surface area (Å²) in [7, 11) is 0. The molecule has 0 saturated carbocycles. The van der Waals surface area contributed by atoms with Crippen molar-refractivity contribution in [2.24, 2.45) is 4.99 Å². The summed E-state index contributed by atoms with van der Waals surface area (Å²) in [5.74, 6) is -0.108. The van der Waals surface area contributed by atoms with Crippen LogP contribution < -0.4 is 5.32 Å². The van der Waals surface area contributed by atoms with Gasteiger partial charge in [-0.05, 0) is 114 Å². The third-order valence-corrected chi connectivity index (χ3v) is 6.70. The van der Waals surface area contributed by atoms with Crippen molar-refractivity contribution in [1.82, 2.24) is 9.88 Å². The van der Waals surface area contributed by atoms with Crippen LogP contribution in [0.15, 0.2) is 64.5 Å². The van der Waals surface area contributed by atoms with E-state index in [0.717, 1.165) is 34.7 Å². The fourth-order valence-electron chi connectivity index (χ4n) is 3.47. The Morgan fingerprint density at radius 1 is 1.10 bits per heavy atom. The van der Waals surface area contributed by atoms with Gasteiger partial charge in [-0.15, -0.1) is 0 Å². The lowest BCUT2D eigenvalue weighted by molar-refractivity contribution is -0.115. The number of hydrogen-bond donors (Lipinski definition) is 1. The van der Waals surface area contributed by atoms with Gasteiger partial charge in [-0.3, -0.25) is 4.79 Å². The van der Waals surface area contributed by atoms with Crippen LogP contribution in [0.2, 0.25) is 0 Å². The number of carbonyl (C=O) groups is 1. The van der Waals surface area contributed by atoms with Crippen molar-refractivity contribution in [2.45, 2.75) is 27.2 Å². The van der Waals surface area contributed by atoms with Gasteiger partial charge in [0.1, 0.15) is 0 Å². The zero-order valence-corrected chi connectivity index (χ0v) is 20.0. The van der Waals surface area contributed by atoms with E-state index in [1.54, 1.807) is 0 Å². The van der Waals surface area contributed by atoms with Crippen molar-refractivity contribution in [1.29, 1.82) is 0 Å². The Bertz CT molecular complexity index is 1160. The number of thioether (sulfide) groups is 1. The summed E-state index contributed by atoms with van der Waals surface area (Å²) in [6.07, 6.45) is 2.95. The fraction of sp³-hybridized carbons (Fsp3) is 0.167. The number of carbonyl (C=O) groups excluding carboxylic acids is 1. The maximum absolute atomic E-state index is 12.5. The summed E-state index contributed by atoms with van der Waals surface area (Å²) < 4.78 is 3.42. The Labute approximate surface area is 194 Å². The second-order valence-corrected chi connectivity index (χ2v) is 9.42. The molecule has 1 fully saturated rings. The standard InChI is InChI=1S/C24H22IN3OS/c1-4-17-5-9-20(10-6-17)26-24-27-23(29)22(30-24)14-18-13-15(2)28(16(18)3)21-11-7-19(25)8-12-21/h5-14H,4H2,1-3H3,(H,26,27,29)/b22-14+. The van der Waals surface area contributed by atoms with E-state index in [2.05, 4.69) is 101 Å². The van der Waals surface area contributed by atoms with E-state index in [-0.39, 0.29) is 5.91 Å². The molecule has 1 N–H and O–H groups in total. The van der Waals surface area contributed by atoms with E-state index in [4.69, 9.17) is 0 Å². The summed E-state index contributed by atoms with van der Waals surface area (Å²) in [6, 6.07) is 18.6. The zero-order chi connectivity index (χ0) is 21.3. The third-order valence-electron chi connectivity index (χ3n) is 5.07. The molecule has 3 aromatic rings. The second kappa shape index (κ2) is 8.81. The maximum atomic E-state index is 12.5. The molecule has 1 aromatic heterocycles. The number of nitrogens with zero attached hydrogens (tertiary/aromatic N) is 2. The Hall–Kier alpha value is -2.32. The molecule has 2 heterocycles. The molecule has 1 saturated heterocycles. The molecule has 1 aliphatic heterocycles. The Morgan fingerprint density at radius 2 is 1.80 bits per heavy atom. The highest BCUT2D eigenvalue weighted by molar-refractivity contribution is 14.1. The number of halogens is 1. The summed E-state index contributed by atoms with van der Waals surface area (Å²) in [6.45, 7) is 6.29. The van der Waals surface area contributed by atoms with Crippen molar-refractivity contribution in [2.75, 3.05) is 0 Å². The first kappa shape index (κ1) is 20.9. The van der Waals surface area contributed by atoms with E-state index in [9.17, 15) is 4.79 Å². The molecule has 1 aliphatic rings. The van der Waals surface area contributed by atoms with Gasteiger partial charge >= 0.3 is 0 Å². The van der Waals surface area contributed by atoms with Crippen molar-refractivity contribution >= 4 is 57.2 Å². The molecule has 0 atom stereocenters. The molecule has 0 radical (unpaired) electrons. The van der Waals surface area contributed by atoms with E-state index in [1.807, 2.05) is 18.2 Å². The molecule has 1 amide bonds. The van der Waals surface area contributed by atoms with Gasteiger partial charge in [0.2, 0.25) is 0 Å². The summed E-state index contributed by atoms with van der Waals surface area (Å²) in [5.41, 5.74) is 6.51. The minimum Gasteiger partial charge on any atom is -0.318 e. The van der Waals surface area contributed by atoms with E-state index < -0.39 is 0 Å². The van der Waals surface area contributed by atoms with E-state index in [0.29, 0.717) is 10.1 Å². The summed E-state index contributed by atoms with van der Waals surface area (Å²) >= 11 is 3.69. The number of benzene rings is 2. The van der Waals surface area contributed by atoms with Gasteiger partial charge in [0, 0.05) is 20.6 Å². The zero-order valence-electron chi connectivity index (χ0n) is 17.1. The van der Waals surface area contributed by atoms with Crippen molar-refractivity contribution < 1.29 is 4.79 Å². The normalized spacial score (nSPS) is 16.5. The molecule has 2 aromatic carbocycles. The molecule has 152 valence electrons. The highest BCUT2D eigenvalue weighted by Gasteiger charge is 2.24. The Kier molecular flexibility index (Phi) is 6.15. The van der Waals surface area contributed by atoms with Gasteiger partial charge in [-0.1, -0.05) is 19.1 Å². The number of aryl methyl sites for hydroxylation is 2. The molecule has 4 rings (SSSR count). The van der Waals surface area contributed by atoms with Crippen molar-refractivity contribution in [3.8, 4) is 5.69 Å². The maximum Gasteiger partial charge on any atom is 0.264 e. The summed E-state index contributed by atoms with van der Waals surface area (Å²) in [5, 5.41) is 3.49. The molecule has 0 bridgehead atoms. The third kappa shape index (κ3) is 4.39. The number of nitrogens with one attached hydrogen (secondary N) is 1. The SMILES string of the molecule is CCc1ccc(N=C2NC(=O)/C(=C\c3cc(C)n(-c4ccc(I)cc4)c3C)S2)cc1. The predicted molar refractivity (Wildman–Crippen MR) is 135 cm³/mol. The molecule has 30 heavy (non-hydrogen) atoms. The van der Waals surface area contributed by atoms with Gasteiger partial charge in [-0.25, -0.2) is 4.99 Å².